The highest BCUT2D eigenvalue weighted by Gasteiger charge is 2.15. The van der Waals surface area contributed by atoms with Crippen molar-refractivity contribution in [1.29, 1.82) is 0 Å². The van der Waals surface area contributed by atoms with E-state index in [0.29, 0.717) is 5.69 Å². The van der Waals surface area contributed by atoms with Crippen molar-refractivity contribution < 1.29 is 14.4 Å². The summed E-state index contributed by atoms with van der Waals surface area (Å²) in [7, 11) is 0. The quantitative estimate of drug-likeness (QED) is 0.454. The number of hydrogen-bond acceptors (Lipinski definition) is 5. The molecule has 0 aliphatic carbocycles. The molecule has 7 N–H and O–H groups in total. The molecule has 0 spiro atoms. The first-order valence-electron chi connectivity index (χ1n) is 6.29. The van der Waals surface area contributed by atoms with E-state index < -0.39 is 17.7 Å². The fourth-order valence-electron chi connectivity index (χ4n) is 1.82. The van der Waals surface area contributed by atoms with Gasteiger partial charge in [-0.15, -0.1) is 0 Å². The number of carbonyl (C=O) groups is 3. The first kappa shape index (κ1) is 16.6. The van der Waals surface area contributed by atoms with E-state index in [-0.39, 0.29) is 26.2 Å². The number of nitrogens with two attached hydrogens (primary N) is 3. The number of nitrogens with zero attached hydrogens (tertiary/aromatic N) is 1. The molecule has 1 rings (SSSR count). The van der Waals surface area contributed by atoms with Crippen molar-refractivity contribution in [2.24, 2.45) is 17.2 Å². The van der Waals surface area contributed by atoms with Crippen molar-refractivity contribution in [2.45, 2.75) is 6.54 Å². The van der Waals surface area contributed by atoms with Crippen molar-refractivity contribution >= 4 is 23.4 Å². The fourth-order valence-corrected chi connectivity index (χ4v) is 1.82. The zero-order chi connectivity index (χ0) is 15.8. The van der Waals surface area contributed by atoms with Crippen LogP contribution in [0.25, 0.3) is 0 Å². The minimum Gasteiger partial charge on any atom is -0.369 e. The number of benzene rings is 1. The number of nitrogens with one attached hydrogen (secondary N) is 1. The highest BCUT2D eigenvalue weighted by molar-refractivity contribution is 5.93. The maximum Gasteiger partial charge on any atom is 0.238 e. The molecule has 1 aromatic rings. The van der Waals surface area contributed by atoms with Crippen LogP contribution in [0.15, 0.2) is 24.3 Å². The molecule has 0 radical (unpaired) electrons. The molecule has 1 aromatic carbocycles. The summed E-state index contributed by atoms with van der Waals surface area (Å²) in [4.78, 5) is 35.0. The zero-order valence-electron chi connectivity index (χ0n) is 11.5. The average molecular weight is 293 g/mol. The molecule has 21 heavy (non-hydrogen) atoms. The molecular weight excluding hydrogens is 274 g/mol. The second-order valence-corrected chi connectivity index (χ2v) is 4.49. The monoisotopic (exact) mass is 293 g/mol. The number of para-hydroxylation sites is 1. The number of amides is 3. The predicted molar refractivity (Wildman–Crippen MR) is 77.8 cm³/mol. The minimum atomic E-state index is -0.647. The lowest BCUT2D eigenvalue weighted by atomic mass is 10.2. The molecule has 0 aliphatic heterocycles. The van der Waals surface area contributed by atoms with Gasteiger partial charge in [0.15, 0.2) is 0 Å². The molecule has 0 saturated carbocycles. The Morgan fingerprint density at radius 2 is 1.57 bits per heavy atom. The molecule has 0 atom stereocenters. The molecule has 0 aliphatic rings. The van der Waals surface area contributed by atoms with Crippen LogP contribution in [0.1, 0.15) is 5.56 Å². The van der Waals surface area contributed by atoms with E-state index >= 15 is 0 Å². The lowest BCUT2D eigenvalue weighted by Crippen LogP contribution is -2.43. The summed E-state index contributed by atoms with van der Waals surface area (Å²) in [6, 6.07) is 7.08. The van der Waals surface area contributed by atoms with Gasteiger partial charge < -0.3 is 22.5 Å². The number of hydrogen-bond donors (Lipinski definition) is 4. The van der Waals surface area contributed by atoms with E-state index in [2.05, 4.69) is 5.32 Å². The molecule has 0 saturated heterocycles. The maximum absolute atomic E-state index is 12.0. The van der Waals surface area contributed by atoms with Crippen LogP contribution >= 0.6 is 0 Å². The second-order valence-electron chi connectivity index (χ2n) is 4.49. The summed E-state index contributed by atoms with van der Waals surface area (Å²) in [5.41, 5.74) is 17.1. The van der Waals surface area contributed by atoms with Gasteiger partial charge in [0.2, 0.25) is 17.7 Å². The largest absolute Gasteiger partial charge is 0.369 e. The lowest BCUT2D eigenvalue weighted by molar-refractivity contribution is -0.123. The molecule has 8 heteroatoms. The van der Waals surface area contributed by atoms with Crippen molar-refractivity contribution in [3.05, 3.63) is 29.8 Å². The van der Waals surface area contributed by atoms with Crippen LogP contribution in [-0.2, 0) is 20.9 Å². The Balaban J connectivity index is 2.68. The Labute approximate surface area is 122 Å². The van der Waals surface area contributed by atoms with E-state index in [1.807, 2.05) is 6.07 Å². The number of rotatable bonds is 8. The maximum atomic E-state index is 12.0. The average Bonchev–Trinajstić information content (AvgIpc) is 2.37. The third-order valence-corrected chi connectivity index (χ3v) is 2.64. The molecular formula is C13H19N5O3. The van der Waals surface area contributed by atoms with Gasteiger partial charge in [-0.2, -0.15) is 0 Å². The standard InChI is InChI=1S/C13H19N5O3/c14-5-9-3-1-2-4-10(9)17-13(21)8-18(6-11(15)19)7-12(16)20/h1-4H,5-8,14H2,(H2,15,19)(H2,16,20)(H,17,21). The van der Waals surface area contributed by atoms with Gasteiger partial charge >= 0.3 is 0 Å². The van der Waals surface area contributed by atoms with Crippen LogP contribution in [0.3, 0.4) is 0 Å². The van der Waals surface area contributed by atoms with Crippen LogP contribution in [0, 0.1) is 0 Å². The van der Waals surface area contributed by atoms with E-state index in [0.717, 1.165) is 5.56 Å². The fraction of sp³-hybridized carbons (Fsp3) is 0.308. The second kappa shape index (κ2) is 7.98. The van der Waals surface area contributed by atoms with Crippen LogP contribution in [0.2, 0.25) is 0 Å². The molecule has 0 aromatic heterocycles. The minimum absolute atomic E-state index is 0.176. The topological polar surface area (TPSA) is 145 Å². The van der Waals surface area contributed by atoms with Crippen molar-refractivity contribution in [1.82, 2.24) is 4.90 Å². The number of primary amides is 2. The third kappa shape index (κ3) is 6.02. The molecule has 0 bridgehead atoms. The van der Waals surface area contributed by atoms with Gasteiger partial charge in [-0.3, -0.25) is 19.3 Å². The van der Waals surface area contributed by atoms with Gasteiger partial charge in [-0.05, 0) is 11.6 Å². The Hall–Kier alpha value is -2.45. The van der Waals surface area contributed by atoms with Gasteiger partial charge in [0.05, 0.1) is 19.6 Å². The van der Waals surface area contributed by atoms with Crippen LogP contribution < -0.4 is 22.5 Å². The Bertz CT molecular complexity index is 516. The number of carbonyl (C=O) groups excluding carboxylic acids is 3. The molecule has 0 unspecified atom stereocenters. The van der Waals surface area contributed by atoms with E-state index in [4.69, 9.17) is 17.2 Å². The summed E-state index contributed by atoms with van der Waals surface area (Å²) in [6.07, 6.45) is 0. The van der Waals surface area contributed by atoms with Crippen LogP contribution in [-0.4, -0.2) is 42.3 Å². The van der Waals surface area contributed by atoms with Crippen molar-refractivity contribution in [3.8, 4) is 0 Å². The predicted octanol–water partition coefficient (Wildman–Crippen LogP) is -1.64. The highest BCUT2D eigenvalue weighted by Crippen LogP contribution is 2.13. The Kier molecular flexibility index (Phi) is 6.31. The SMILES string of the molecule is NCc1ccccc1NC(=O)CN(CC(N)=O)CC(N)=O. The summed E-state index contributed by atoms with van der Waals surface area (Å²) < 4.78 is 0. The van der Waals surface area contributed by atoms with Gasteiger partial charge in [0, 0.05) is 12.2 Å². The smallest absolute Gasteiger partial charge is 0.238 e. The Morgan fingerprint density at radius 1 is 1.00 bits per heavy atom. The van der Waals surface area contributed by atoms with E-state index in [1.54, 1.807) is 18.2 Å². The third-order valence-electron chi connectivity index (χ3n) is 2.64. The molecule has 0 fully saturated rings. The Morgan fingerprint density at radius 3 is 2.10 bits per heavy atom. The van der Waals surface area contributed by atoms with Gasteiger partial charge in [0.1, 0.15) is 0 Å². The molecule has 114 valence electrons. The molecule has 0 heterocycles. The first-order chi connectivity index (χ1) is 9.92. The van der Waals surface area contributed by atoms with Gasteiger partial charge in [-0.25, -0.2) is 0 Å². The van der Waals surface area contributed by atoms with Gasteiger partial charge in [-0.1, -0.05) is 18.2 Å². The molecule has 3 amide bonds. The van der Waals surface area contributed by atoms with E-state index in [1.165, 1.54) is 4.90 Å². The lowest BCUT2D eigenvalue weighted by Gasteiger charge is -2.18. The summed E-state index contributed by atoms with van der Waals surface area (Å²) in [6.45, 7) is -0.350. The summed E-state index contributed by atoms with van der Waals surface area (Å²) in [5.74, 6) is -1.68. The van der Waals surface area contributed by atoms with Crippen molar-refractivity contribution in [3.63, 3.8) is 0 Å². The van der Waals surface area contributed by atoms with Crippen molar-refractivity contribution in [2.75, 3.05) is 25.0 Å². The summed E-state index contributed by atoms with van der Waals surface area (Å²) in [5, 5.41) is 2.67. The summed E-state index contributed by atoms with van der Waals surface area (Å²) >= 11 is 0. The van der Waals surface area contributed by atoms with Crippen LogP contribution in [0.4, 0.5) is 5.69 Å². The normalized spacial score (nSPS) is 10.4. The van der Waals surface area contributed by atoms with E-state index in [9.17, 15) is 14.4 Å². The van der Waals surface area contributed by atoms with Gasteiger partial charge in [0.25, 0.3) is 0 Å². The highest BCUT2D eigenvalue weighted by atomic mass is 16.2. The first-order valence-corrected chi connectivity index (χ1v) is 6.29. The number of anilines is 1. The zero-order valence-corrected chi connectivity index (χ0v) is 11.5. The van der Waals surface area contributed by atoms with Crippen LogP contribution in [0.5, 0.6) is 0 Å². The molecule has 8 nitrogen and oxygen atoms in total.